The highest BCUT2D eigenvalue weighted by molar-refractivity contribution is 6.48. The Morgan fingerprint density at radius 3 is 2.00 bits per heavy atom. The molecule has 0 radical (unpaired) electrons. The Morgan fingerprint density at radius 2 is 1.52 bits per heavy atom. The van der Waals surface area contributed by atoms with Crippen LogP contribution in [0.15, 0.2) is 30.3 Å². The Labute approximate surface area is 141 Å². The smallest absolute Gasteiger partial charge is 0.409 e. The quantitative estimate of drug-likeness (QED) is 0.658. The maximum absolute atomic E-state index is 10.5. The molecule has 2 aromatic rings. The molecule has 0 fully saturated rings. The van der Waals surface area contributed by atoms with E-state index in [0.29, 0.717) is 37.8 Å². The monoisotopic (exact) mass is 363 g/mol. The molecule has 0 saturated carbocycles. The first-order valence-electron chi connectivity index (χ1n) is 5.79. The zero-order valence-electron chi connectivity index (χ0n) is 10.5. The van der Waals surface area contributed by atoms with E-state index in [4.69, 9.17) is 51.5 Å². The molecule has 0 unspecified atom stereocenters. The van der Waals surface area contributed by atoms with E-state index in [1.54, 1.807) is 24.3 Å². The fourth-order valence-corrected chi connectivity index (χ4v) is 2.79. The average molecular weight is 365 g/mol. The van der Waals surface area contributed by atoms with Gasteiger partial charge in [-0.15, -0.1) is 0 Å². The predicted octanol–water partition coefficient (Wildman–Crippen LogP) is 5.98. The third kappa shape index (κ3) is 3.95. The van der Waals surface area contributed by atoms with Crippen LogP contribution in [0.3, 0.4) is 0 Å². The molecule has 2 N–H and O–H groups in total. The topological polar surface area (TPSA) is 49.3 Å². The molecule has 2 rings (SSSR count). The van der Waals surface area contributed by atoms with Gasteiger partial charge in [0.1, 0.15) is 0 Å². The van der Waals surface area contributed by atoms with Crippen LogP contribution in [0.1, 0.15) is 11.1 Å². The van der Waals surface area contributed by atoms with Crippen LogP contribution in [-0.4, -0.2) is 11.2 Å². The van der Waals surface area contributed by atoms with Gasteiger partial charge in [0.2, 0.25) is 0 Å². The number of halogens is 4. The Balaban J connectivity index is 2.28. The second kappa shape index (κ2) is 6.75. The van der Waals surface area contributed by atoms with Gasteiger partial charge in [-0.1, -0.05) is 58.5 Å². The van der Waals surface area contributed by atoms with Gasteiger partial charge in [0.05, 0.1) is 20.1 Å². The van der Waals surface area contributed by atoms with E-state index in [9.17, 15) is 4.79 Å². The Morgan fingerprint density at radius 1 is 1.00 bits per heavy atom. The molecule has 0 aliphatic carbocycles. The molecule has 0 aromatic heterocycles. The number of hydrogen-bond donors (Lipinski definition) is 2. The lowest BCUT2D eigenvalue weighted by Gasteiger charge is -2.11. The molecule has 1 amide bonds. The van der Waals surface area contributed by atoms with Crippen molar-refractivity contribution in [2.75, 3.05) is 5.32 Å². The molecule has 0 bridgehead atoms. The van der Waals surface area contributed by atoms with Crippen LogP contribution in [0.5, 0.6) is 0 Å². The van der Waals surface area contributed by atoms with Crippen LogP contribution in [0.25, 0.3) is 0 Å². The Bertz CT molecular complexity index is 660. The highest BCUT2D eigenvalue weighted by atomic mass is 35.5. The lowest BCUT2D eigenvalue weighted by molar-refractivity contribution is 0.210. The van der Waals surface area contributed by atoms with Crippen molar-refractivity contribution in [2.45, 2.75) is 6.42 Å². The van der Waals surface area contributed by atoms with E-state index in [1.165, 1.54) is 6.07 Å². The Kier molecular flexibility index (Phi) is 5.22. The third-order valence-electron chi connectivity index (χ3n) is 2.79. The molecular weight excluding hydrogens is 356 g/mol. The van der Waals surface area contributed by atoms with Crippen LogP contribution >= 0.6 is 46.4 Å². The standard InChI is InChI=1S/C14H9Cl4NO2/c15-10-6-11(16)13(18)9(12(10)17)5-7-1-3-8(4-2-7)19-14(20)21/h1-4,6,19H,5H2,(H,20,21). The van der Waals surface area contributed by atoms with Crippen molar-refractivity contribution in [3.8, 4) is 0 Å². The summed E-state index contributed by atoms with van der Waals surface area (Å²) in [5.41, 5.74) is 2.01. The molecule has 0 saturated heterocycles. The number of carbonyl (C=O) groups is 1. The zero-order chi connectivity index (χ0) is 15.6. The van der Waals surface area contributed by atoms with Gasteiger partial charge in [0.15, 0.2) is 0 Å². The highest BCUT2D eigenvalue weighted by Crippen LogP contribution is 2.38. The van der Waals surface area contributed by atoms with Crippen molar-refractivity contribution < 1.29 is 9.90 Å². The van der Waals surface area contributed by atoms with Crippen LogP contribution < -0.4 is 5.32 Å². The Hall–Kier alpha value is -1.13. The van der Waals surface area contributed by atoms with E-state index in [-0.39, 0.29) is 0 Å². The van der Waals surface area contributed by atoms with Crippen LogP contribution in [0, 0.1) is 0 Å². The molecule has 2 aromatic carbocycles. The number of anilines is 1. The lowest BCUT2D eigenvalue weighted by Crippen LogP contribution is -2.06. The maximum Gasteiger partial charge on any atom is 0.409 e. The van der Waals surface area contributed by atoms with Gasteiger partial charge in [-0.25, -0.2) is 4.79 Å². The SMILES string of the molecule is O=C(O)Nc1ccc(Cc2c(Cl)c(Cl)cc(Cl)c2Cl)cc1. The van der Waals surface area contributed by atoms with Gasteiger partial charge in [-0.05, 0) is 29.3 Å². The second-order valence-electron chi connectivity index (χ2n) is 4.25. The first-order chi connectivity index (χ1) is 9.88. The van der Waals surface area contributed by atoms with Crippen LogP contribution in [-0.2, 0) is 6.42 Å². The molecule has 21 heavy (non-hydrogen) atoms. The summed E-state index contributed by atoms with van der Waals surface area (Å²) in [4.78, 5) is 10.5. The van der Waals surface area contributed by atoms with Gasteiger partial charge < -0.3 is 5.11 Å². The largest absolute Gasteiger partial charge is 0.465 e. The second-order valence-corrected chi connectivity index (χ2v) is 5.82. The minimum absolute atomic E-state index is 0.338. The number of amides is 1. The number of nitrogens with one attached hydrogen (secondary N) is 1. The van der Waals surface area contributed by atoms with Crippen molar-refractivity contribution in [1.29, 1.82) is 0 Å². The van der Waals surface area contributed by atoms with Gasteiger partial charge in [0, 0.05) is 12.1 Å². The first kappa shape index (κ1) is 16.2. The summed E-state index contributed by atoms with van der Waals surface area (Å²) in [6, 6.07) is 8.34. The fraction of sp³-hybridized carbons (Fsp3) is 0.0714. The van der Waals surface area contributed by atoms with Crippen molar-refractivity contribution in [2.24, 2.45) is 0 Å². The zero-order valence-corrected chi connectivity index (χ0v) is 13.5. The summed E-state index contributed by atoms with van der Waals surface area (Å²) in [5, 5.41) is 12.3. The van der Waals surface area contributed by atoms with E-state index in [1.807, 2.05) is 0 Å². The summed E-state index contributed by atoms with van der Waals surface area (Å²) in [6.07, 6.45) is -0.680. The van der Waals surface area contributed by atoms with Gasteiger partial charge in [-0.3, -0.25) is 5.32 Å². The fourth-order valence-electron chi connectivity index (χ4n) is 1.81. The summed E-state index contributed by atoms with van der Waals surface area (Å²) in [7, 11) is 0. The summed E-state index contributed by atoms with van der Waals surface area (Å²) >= 11 is 24.3. The normalized spacial score (nSPS) is 10.5. The van der Waals surface area contributed by atoms with Crippen molar-refractivity contribution in [1.82, 2.24) is 0 Å². The number of rotatable bonds is 3. The van der Waals surface area contributed by atoms with E-state index < -0.39 is 6.09 Å². The van der Waals surface area contributed by atoms with E-state index >= 15 is 0 Å². The average Bonchev–Trinajstić information content (AvgIpc) is 2.43. The molecule has 7 heteroatoms. The molecule has 0 heterocycles. The molecular formula is C14H9Cl4NO2. The van der Waals surface area contributed by atoms with Crippen molar-refractivity contribution >= 4 is 58.2 Å². The molecule has 0 aliphatic rings. The van der Waals surface area contributed by atoms with E-state index in [2.05, 4.69) is 5.32 Å². The van der Waals surface area contributed by atoms with Crippen molar-refractivity contribution in [3.63, 3.8) is 0 Å². The number of benzene rings is 2. The van der Waals surface area contributed by atoms with Crippen LogP contribution in [0.4, 0.5) is 10.5 Å². The predicted molar refractivity (Wildman–Crippen MR) is 87.4 cm³/mol. The van der Waals surface area contributed by atoms with Gasteiger partial charge in [-0.2, -0.15) is 0 Å². The summed E-state index contributed by atoms with van der Waals surface area (Å²) in [6.45, 7) is 0. The van der Waals surface area contributed by atoms with Crippen LogP contribution in [0.2, 0.25) is 20.1 Å². The van der Waals surface area contributed by atoms with E-state index in [0.717, 1.165) is 5.56 Å². The minimum atomic E-state index is -1.12. The minimum Gasteiger partial charge on any atom is -0.465 e. The highest BCUT2D eigenvalue weighted by Gasteiger charge is 2.14. The lowest BCUT2D eigenvalue weighted by atomic mass is 10.0. The molecule has 3 nitrogen and oxygen atoms in total. The number of carboxylic acid groups (broad SMARTS) is 1. The summed E-state index contributed by atoms with van der Waals surface area (Å²) in [5.74, 6) is 0. The van der Waals surface area contributed by atoms with Gasteiger partial charge >= 0.3 is 6.09 Å². The molecule has 0 aliphatic heterocycles. The van der Waals surface area contributed by atoms with Crippen molar-refractivity contribution in [3.05, 3.63) is 61.5 Å². The first-order valence-corrected chi connectivity index (χ1v) is 7.30. The van der Waals surface area contributed by atoms with Gasteiger partial charge in [0.25, 0.3) is 0 Å². The molecule has 110 valence electrons. The molecule has 0 spiro atoms. The number of hydrogen-bond acceptors (Lipinski definition) is 1. The molecule has 0 atom stereocenters. The maximum atomic E-state index is 10.5. The third-order valence-corrected chi connectivity index (χ3v) is 4.44. The summed E-state index contributed by atoms with van der Waals surface area (Å²) < 4.78 is 0.